The van der Waals surface area contributed by atoms with Crippen LogP contribution >= 0.6 is 0 Å². The first-order valence-corrected chi connectivity index (χ1v) is 8.88. The maximum absolute atomic E-state index is 12.4. The molecule has 22 heavy (non-hydrogen) atoms. The Morgan fingerprint density at radius 3 is 2.50 bits per heavy atom. The molecular weight excluding hydrogens is 302 g/mol. The molecule has 0 fully saturated rings. The number of carbonyl (C=O) groups is 1. The van der Waals surface area contributed by atoms with Crippen LogP contribution in [-0.4, -0.2) is 26.4 Å². The van der Waals surface area contributed by atoms with E-state index in [1.54, 1.807) is 18.2 Å². The Hall–Kier alpha value is -1.44. The van der Waals surface area contributed by atoms with Crippen molar-refractivity contribution in [3.05, 3.63) is 35.4 Å². The van der Waals surface area contributed by atoms with Crippen LogP contribution in [0.5, 0.6) is 0 Å². The molecule has 1 atom stereocenters. The van der Waals surface area contributed by atoms with Crippen LogP contribution in [0.4, 0.5) is 0 Å². The summed E-state index contributed by atoms with van der Waals surface area (Å²) >= 11 is 0. The van der Waals surface area contributed by atoms with Gasteiger partial charge in [0.2, 0.25) is 10.0 Å². The fraction of sp³-hybridized carbons (Fsp3) is 0.533. The summed E-state index contributed by atoms with van der Waals surface area (Å²) in [5, 5.41) is 7.96. The van der Waals surface area contributed by atoms with Gasteiger partial charge in [0.1, 0.15) is 0 Å². The van der Waals surface area contributed by atoms with Crippen molar-refractivity contribution in [2.75, 3.05) is 6.54 Å². The van der Waals surface area contributed by atoms with E-state index < -0.39 is 15.6 Å². The SMILES string of the molecule is CC(C)CC(C)(CN)NC(=O)c1cccc(CS(N)(=O)=O)c1. The Bertz CT molecular complexity index is 629. The predicted octanol–water partition coefficient (Wildman–Crippen LogP) is 0.968. The van der Waals surface area contributed by atoms with Crippen LogP contribution in [0.25, 0.3) is 0 Å². The second kappa shape index (κ2) is 7.21. The predicted molar refractivity (Wildman–Crippen MR) is 87.6 cm³/mol. The molecule has 0 heterocycles. The Labute approximate surface area is 132 Å². The van der Waals surface area contributed by atoms with Crippen LogP contribution in [0.3, 0.4) is 0 Å². The van der Waals surface area contributed by atoms with Gasteiger partial charge < -0.3 is 11.1 Å². The number of amides is 1. The van der Waals surface area contributed by atoms with E-state index in [9.17, 15) is 13.2 Å². The lowest BCUT2D eigenvalue weighted by atomic mass is 9.90. The molecule has 0 aliphatic carbocycles. The van der Waals surface area contributed by atoms with Crippen LogP contribution in [0.15, 0.2) is 24.3 Å². The normalized spacial score (nSPS) is 14.6. The summed E-state index contributed by atoms with van der Waals surface area (Å²) in [6.45, 7) is 6.35. The number of rotatable bonds is 7. The van der Waals surface area contributed by atoms with Crippen molar-refractivity contribution in [2.24, 2.45) is 16.8 Å². The number of hydrogen-bond donors (Lipinski definition) is 3. The van der Waals surface area contributed by atoms with Crippen molar-refractivity contribution in [3.63, 3.8) is 0 Å². The number of primary sulfonamides is 1. The first-order chi connectivity index (χ1) is 10.0. The standard InChI is InChI=1S/C15H25N3O3S/c1-11(2)8-15(3,10-16)18-14(19)13-6-4-5-12(7-13)9-22(17,20)21/h4-7,11H,8-10,16H2,1-3H3,(H,18,19)(H2,17,20,21). The molecule has 0 spiro atoms. The van der Waals surface area contributed by atoms with Gasteiger partial charge in [-0.15, -0.1) is 0 Å². The van der Waals surface area contributed by atoms with E-state index >= 15 is 0 Å². The summed E-state index contributed by atoms with van der Waals surface area (Å²) in [4.78, 5) is 12.4. The van der Waals surface area contributed by atoms with E-state index in [0.29, 0.717) is 23.6 Å². The first-order valence-electron chi connectivity index (χ1n) is 7.17. The second-order valence-electron chi connectivity index (χ2n) is 6.32. The average Bonchev–Trinajstić information content (AvgIpc) is 2.36. The van der Waals surface area contributed by atoms with Gasteiger partial charge in [-0.05, 0) is 37.0 Å². The number of carbonyl (C=O) groups excluding carboxylic acids is 1. The van der Waals surface area contributed by atoms with Gasteiger partial charge in [-0.2, -0.15) is 0 Å². The summed E-state index contributed by atoms with van der Waals surface area (Å²) in [7, 11) is -3.63. The fourth-order valence-electron chi connectivity index (χ4n) is 2.47. The minimum absolute atomic E-state index is 0.273. The molecule has 1 amide bonds. The van der Waals surface area contributed by atoms with Crippen molar-refractivity contribution < 1.29 is 13.2 Å². The van der Waals surface area contributed by atoms with Gasteiger partial charge in [-0.3, -0.25) is 4.79 Å². The molecule has 1 unspecified atom stereocenters. The molecule has 0 bridgehead atoms. The van der Waals surface area contributed by atoms with E-state index in [2.05, 4.69) is 19.2 Å². The number of nitrogens with two attached hydrogens (primary N) is 2. The zero-order valence-corrected chi connectivity index (χ0v) is 14.1. The number of benzene rings is 1. The monoisotopic (exact) mass is 327 g/mol. The topological polar surface area (TPSA) is 115 Å². The molecule has 0 saturated carbocycles. The molecule has 1 rings (SSSR count). The summed E-state index contributed by atoms with van der Waals surface area (Å²) in [6.07, 6.45) is 0.756. The second-order valence-corrected chi connectivity index (χ2v) is 7.94. The Balaban J connectivity index is 2.91. The maximum Gasteiger partial charge on any atom is 0.251 e. The van der Waals surface area contributed by atoms with Gasteiger partial charge in [0.25, 0.3) is 5.91 Å². The van der Waals surface area contributed by atoms with Crippen LogP contribution < -0.4 is 16.2 Å². The Morgan fingerprint density at radius 1 is 1.36 bits per heavy atom. The minimum Gasteiger partial charge on any atom is -0.346 e. The molecular formula is C15H25N3O3S. The largest absolute Gasteiger partial charge is 0.346 e. The van der Waals surface area contributed by atoms with Gasteiger partial charge in [-0.25, -0.2) is 13.6 Å². The molecule has 0 aliphatic rings. The number of nitrogens with one attached hydrogen (secondary N) is 1. The van der Waals surface area contributed by atoms with E-state index in [1.807, 2.05) is 6.92 Å². The van der Waals surface area contributed by atoms with Crippen LogP contribution in [0.1, 0.15) is 43.1 Å². The van der Waals surface area contributed by atoms with Crippen molar-refractivity contribution >= 4 is 15.9 Å². The number of hydrogen-bond acceptors (Lipinski definition) is 4. The van der Waals surface area contributed by atoms with E-state index in [0.717, 1.165) is 6.42 Å². The van der Waals surface area contributed by atoms with Crippen molar-refractivity contribution in [3.8, 4) is 0 Å². The molecule has 7 heteroatoms. The first kappa shape index (κ1) is 18.6. The zero-order chi connectivity index (χ0) is 17.0. The van der Waals surface area contributed by atoms with Crippen LogP contribution in [-0.2, 0) is 15.8 Å². The quantitative estimate of drug-likeness (QED) is 0.692. The van der Waals surface area contributed by atoms with E-state index in [1.165, 1.54) is 6.07 Å². The molecule has 1 aromatic rings. The molecule has 0 saturated heterocycles. The summed E-state index contributed by atoms with van der Waals surface area (Å²) in [5.41, 5.74) is 6.16. The highest BCUT2D eigenvalue weighted by Crippen LogP contribution is 2.17. The molecule has 0 aliphatic heterocycles. The lowest BCUT2D eigenvalue weighted by Gasteiger charge is -2.31. The third-order valence-electron chi connectivity index (χ3n) is 3.28. The molecule has 0 aromatic heterocycles. The van der Waals surface area contributed by atoms with Crippen molar-refractivity contribution in [1.82, 2.24) is 5.32 Å². The Morgan fingerprint density at radius 2 is 2.00 bits per heavy atom. The molecule has 6 nitrogen and oxygen atoms in total. The van der Waals surface area contributed by atoms with Gasteiger partial charge >= 0.3 is 0 Å². The highest BCUT2D eigenvalue weighted by Gasteiger charge is 2.26. The minimum atomic E-state index is -3.63. The average molecular weight is 327 g/mol. The lowest BCUT2D eigenvalue weighted by Crippen LogP contribution is -2.52. The smallest absolute Gasteiger partial charge is 0.251 e. The molecule has 1 aromatic carbocycles. The van der Waals surface area contributed by atoms with E-state index in [4.69, 9.17) is 10.9 Å². The summed E-state index contributed by atoms with van der Waals surface area (Å²) in [6, 6.07) is 6.43. The van der Waals surface area contributed by atoms with Gasteiger partial charge in [0.15, 0.2) is 0 Å². The summed E-state index contributed by atoms with van der Waals surface area (Å²) in [5.74, 6) is -0.179. The fourth-order valence-corrected chi connectivity index (χ4v) is 3.11. The van der Waals surface area contributed by atoms with Gasteiger partial charge in [0, 0.05) is 17.6 Å². The van der Waals surface area contributed by atoms with Crippen molar-refractivity contribution in [2.45, 2.75) is 38.5 Å². The van der Waals surface area contributed by atoms with Gasteiger partial charge in [0.05, 0.1) is 5.75 Å². The molecule has 0 radical (unpaired) electrons. The van der Waals surface area contributed by atoms with Crippen LogP contribution in [0.2, 0.25) is 0 Å². The maximum atomic E-state index is 12.4. The molecule has 124 valence electrons. The Kier molecular flexibility index (Phi) is 6.10. The van der Waals surface area contributed by atoms with Crippen LogP contribution in [0, 0.1) is 5.92 Å². The van der Waals surface area contributed by atoms with Crippen molar-refractivity contribution in [1.29, 1.82) is 0 Å². The third-order valence-corrected chi connectivity index (χ3v) is 4.02. The number of sulfonamides is 1. The van der Waals surface area contributed by atoms with E-state index in [-0.39, 0.29) is 11.7 Å². The zero-order valence-electron chi connectivity index (χ0n) is 13.3. The summed E-state index contributed by atoms with van der Waals surface area (Å²) < 4.78 is 22.3. The third kappa shape index (κ3) is 6.13. The highest BCUT2D eigenvalue weighted by atomic mass is 32.2. The lowest BCUT2D eigenvalue weighted by molar-refractivity contribution is 0.0898. The van der Waals surface area contributed by atoms with Gasteiger partial charge in [-0.1, -0.05) is 26.0 Å². The highest BCUT2D eigenvalue weighted by molar-refractivity contribution is 7.88. The molecule has 5 N–H and O–H groups in total.